The maximum absolute atomic E-state index is 12.0. The lowest BCUT2D eigenvalue weighted by Gasteiger charge is -2.21. The molecule has 1 N–H and O–H groups in total. The number of hydrogen-bond donors (Lipinski definition) is 1. The first-order valence-corrected chi connectivity index (χ1v) is 9.06. The van der Waals surface area contributed by atoms with Gasteiger partial charge in [-0.25, -0.2) is 0 Å². The first-order valence-electron chi connectivity index (χ1n) is 9.06. The van der Waals surface area contributed by atoms with E-state index in [1.807, 2.05) is 13.8 Å². The molecule has 0 aromatic carbocycles. The minimum absolute atomic E-state index is 0.0429. The molecule has 2 rings (SSSR count). The molecule has 1 aromatic heterocycles. The van der Waals surface area contributed by atoms with Gasteiger partial charge in [-0.1, -0.05) is 13.8 Å². The zero-order valence-corrected chi connectivity index (χ0v) is 15.7. The zero-order chi connectivity index (χ0) is 17.7. The summed E-state index contributed by atoms with van der Waals surface area (Å²) >= 11 is 0. The van der Waals surface area contributed by atoms with Crippen LogP contribution in [0.2, 0.25) is 0 Å². The molecule has 1 atom stereocenters. The highest BCUT2D eigenvalue weighted by Gasteiger charge is 2.19. The Balaban J connectivity index is 1.91. The summed E-state index contributed by atoms with van der Waals surface area (Å²) in [7, 11) is 0. The number of ether oxygens (including phenoxy) is 1. The van der Waals surface area contributed by atoms with E-state index in [1.54, 1.807) is 6.92 Å². The van der Waals surface area contributed by atoms with Crippen LogP contribution in [0.4, 0.5) is 0 Å². The predicted molar refractivity (Wildman–Crippen MR) is 94.5 cm³/mol. The fourth-order valence-corrected chi connectivity index (χ4v) is 3.14. The molecule has 6 heteroatoms. The number of fused-ring (bicyclic) bond motifs is 1. The van der Waals surface area contributed by atoms with E-state index in [9.17, 15) is 4.79 Å². The second-order valence-electron chi connectivity index (χ2n) is 7.38. The van der Waals surface area contributed by atoms with Gasteiger partial charge in [0.2, 0.25) is 5.91 Å². The third-order valence-electron chi connectivity index (χ3n) is 4.06. The Labute approximate surface area is 145 Å². The number of aryl methyl sites for hydroxylation is 1. The molecule has 0 aliphatic carbocycles. The predicted octanol–water partition coefficient (Wildman–Crippen LogP) is 2.17. The van der Waals surface area contributed by atoms with Crippen LogP contribution in [-0.4, -0.2) is 45.9 Å². The number of hydrogen-bond acceptors (Lipinski definition) is 4. The van der Waals surface area contributed by atoms with Gasteiger partial charge in [0.1, 0.15) is 6.10 Å². The van der Waals surface area contributed by atoms with Gasteiger partial charge in [0.25, 0.3) is 0 Å². The number of nitrogens with one attached hydrogen (secondary N) is 1. The Morgan fingerprint density at radius 2 is 2.04 bits per heavy atom. The third-order valence-corrected chi connectivity index (χ3v) is 4.06. The van der Waals surface area contributed by atoms with Crippen LogP contribution in [0, 0.1) is 5.92 Å². The summed E-state index contributed by atoms with van der Waals surface area (Å²) in [6, 6.07) is 2.12. The molecule has 0 spiro atoms. The van der Waals surface area contributed by atoms with Gasteiger partial charge in [-0.05, 0) is 39.2 Å². The van der Waals surface area contributed by atoms with Gasteiger partial charge >= 0.3 is 0 Å². The van der Waals surface area contributed by atoms with Crippen LogP contribution >= 0.6 is 0 Å². The van der Waals surface area contributed by atoms with Crippen molar-refractivity contribution < 1.29 is 9.53 Å². The highest BCUT2D eigenvalue weighted by molar-refractivity contribution is 5.80. The van der Waals surface area contributed by atoms with Crippen LogP contribution in [0.25, 0.3) is 0 Å². The molecule has 0 unspecified atom stereocenters. The largest absolute Gasteiger partial charge is 0.366 e. The molecule has 1 aliphatic rings. The summed E-state index contributed by atoms with van der Waals surface area (Å²) in [5, 5.41) is 7.57. The molecular weight excluding hydrogens is 304 g/mol. The topological polar surface area (TPSA) is 59.4 Å². The van der Waals surface area contributed by atoms with Crippen molar-refractivity contribution in [1.29, 1.82) is 0 Å². The van der Waals surface area contributed by atoms with Gasteiger partial charge < -0.3 is 10.1 Å². The summed E-state index contributed by atoms with van der Waals surface area (Å²) in [4.78, 5) is 14.5. The van der Waals surface area contributed by atoms with Crippen LogP contribution in [0.1, 0.15) is 52.4 Å². The normalized spacial score (nSPS) is 17.0. The lowest BCUT2D eigenvalue weighted by atomic mass is 10.2. The van der Waals surface area contributed by atoms with E-state index in [2.05, 4.69) is 39.9 Å². The van der Waals surface area contributed by atoms with Gasteiger partial charge in [-0.3, -0.25) is 14.4 Å². The minimum atomic E-state index is -0.438. The van der Waals surface area contributed by atoms with Crippen molar-refractivity contribution in [3.8, 4) is 0 Å². The number of rotatable bonds is 7. The number of carbonyl (C=O) groups is 1. The minimum Gasteiger partial charge on any atom is -0.366 e. The lowest BCUT2D eigenvalue weighted by Crippen LogP contribution is -2.35. The van der Waals surface area contributed by atoms with Gasteiger partial charge in [0.05, 0.1) is 24.0 Å². The molecule has 1 amide bonds. The molecule has 2 heterocycles. The van der Waals surface area contributed by atoms with Crippen LogP contribution in [0.15, 0.2) is 6.07 Å². The number of carbonyl (C=O) groups excluding carboxylic acids is 1. The van der Waals surface area contributed by atoms with E-state index in [-0.39, 0.29) is 12.0 Å². The molecule has 24 heavy (non-hydrogen) atoms. The van der Waals surface area contributed by atoms with E-state index in [4.69, 9.17) is 4.74 Å². The second kappa shape index (κ2) is 8.62. The first-order chi connectivity index (χ1) is 11.3. The Morgan fingerprint density at radius 3 is 2.71 bits per heavy atom. The molecule has 0 fully saturated rings. The molecule has 0 saturated carbocycles. The number of nitrogens with zero attached hydrogens (tertiary/aromatic N) is 3. The summed E-state index contributed by atoms with van der Waals surface area (Å²) in [5.41, 5.74) is 2.16. The molecular formula is C18H32N4O2. The first kappa shape index (κ1) is 18.9. The highest BCUT2D eigenvalue weighted by Crippen LogP contribution is 2.15. The van der Waals surface area contributed by atoms with Crippen molar-refractivity contribution in [2.45, 2.75) is 72.9 Å². The summed E-state index contributed by atoms with van der Waals surface area (Å²) in [6.45, 7) is 14.7. The quantitative estimate of drug-likeness (QED) is 0.829. The van der Waals surface area contributed by atoms with Gasteiger partial charge in [0, 0.05) is 26.2 Å². The van der Waals surface area contributed by atoms with Crippen molar-refractivity contribution in [3.05, 3.63) is 17.5 Å². The summed E-state index contributed by atoms with van der Waals surface area (Å²) in [6.07, 6.45) is 0.722. The van der Waals surface area contributed by atoms with E-state index in [0.717, 1.165) is 38.3 Å². The van der Waals surface area contributed by atoms with Crippen molar-refractivity contribution in [2.75, 3.05) is 13.1 Å². The second-order valence-corrected chi connectivity index (χ2v) is 7.38. The summed E-state index contributed by atoms with van der Waals surface area (Å²) < 4.78 is 7.60. The number of amides is 1. The monoisotopic (exact) mass is 336 g/mol. The molecule has 1 aliphatic heterocycles. The lowest BCUT2D eigenvalue weighted by molar-refractivity contribution is -0.134. The van der Waals surface area contributed by atoms with Crippen LogP contribution in [0.3, 0.4) is 0 Å². The maximum Gasteiger partial charge on any atom is 0.249 e. The average Bonchev–Trinajstić information content (AvgIpc) is 2.76. The Morgan fingerprint density at radius 1 is 1.29 bits per heavy atom. The average molecular weight is 336 g/mol. The van der Waals surface area contributed by atoms with E-state index in [1.165, 1.54) is 5.69 Å². The zero-order valence-electron chi connectivity index (χ0n) is 15.7. The van der Waals surface area contributed by atoms with Crippen molar-refractivity contribution >= 4 is 5.91 Å². The van der Waals surface area contributed by atoms with E-state index >= 15 is 0 Å². The Hall–Kier alpha value is -1.40. The smallest absolute Gasteiger partial charge is 0.249 e. The van der Waals surface area contributed by atoms with Gasteiger partial charge in [-0.15, -0.1) is 0 Å². The fourth-order valence-electron chi connectivity index (χ4n) is 3.14. The molecule has 136 valence electrons. The molecule has 0 bridgehead atoms. The Bertz CT molecular complexity index is 539. The molecule has 6 nitrogen and oxygen atoms in total. The SMILES string of the molecule is CC(C)CN1CCCn2nc(CNC(=O)[C@@H](C)OC(C)C)cc2C1. The van der Waals surface area contributed by atoms with Crippen molar-refractivity contribution in [2.24, 2.45) is 5.92 Å². The maximum atomic E-state index is 12.0. The van der Waals surface area contributed by atoms with E-state index in [0.29, 0.717) is 12.5 Å². The molecule has 1 aromatic rings. The van der Waals surface area contributed by atoms with Crippen molar-refractivity contribution in [1.82, 2.24) is 20.0 Å². The van der Waals surface area contributed by atoms with Crippen LogP contribution in [-0.2, 0) is 29.2 Å². The molecule has 0 radical (unpaired) electrons. The van der Waals surface area contributed by atoms with Crippen LogP contribution in [0.5, 0.6) is 0 Å². The van der Waals surface area contributed by atoms with Crippen LogP contribution < -0.4 is 5.32 Å². The van der Waals surface area contributed by atoms with Crippen molar-refractivity contribution in [3.63, 3.8) is 0 Å². The fraction of sp³-hybridized carbons (Fsp3) is 0.778. The highest BCUT2D eigenvalue weighted by atomic mass is 16.5. The summed E-state index contributed by atoms with van der Waals surface area (Å²) in [5.74, 6) is 0.578. The van der Waals surface area contributed by atoms with E-state index < -0.39 is 6.10 Å². The standard InChI is InChI=1S/C18H32N4O2/c1-13(2)11-21-7-6-8-22-17(12-21)9-16(20-22)10-19-18(23)15(5)24-14(3)4/h9,13-15H,6-8,10-12H2,1-5H3,(H,19,23)/t15-/m1/s1. The Kier molecular flexibility index (Phi) is 6.80. The van der Waals surface area contributed by atoms with Gasteiger partial charge in [-0.2, -0.15) is 5.10 Å². The molecule has 0 saturated heterocycles. The van der Waals surface area contributed by atoms with Gasteiger partial charge in [0.15, 0.2) is 0 Å². The number of aromatic nitrogens is 2. The third kappa shape index (κ3) is 5.60.